The van der Waals surface area contributed by atoms with Gasteiger partial charge in [0.05, 0.1) is 35.3 Å². The maximum absolute atomic E-state index is 13.2. The normalized spacial score (nSPS) is 12.2. The van der Waals surface area contributed by atoms with Gasteiger partial charge in [0, 0.05) is 18.4 Å². The Labute approximate surface area is 190 Å². The molecule has 4 rings (SSSR count). The fourth-order valence-corrected chi connectivity index (χ4v) is 4.81. The average Bonchev–Trinajstić information content (AvgIpc) is 3.34. The van der Waals surface area contributed by atoms with Gasteiger partial charge in [-0.05, 0) is 38.5 Å². The minimum absolute atomic E-state index is 0.166. The van der Waals surface area contributed by atoms with Crippen molar-refractivity contribution in [3.05, 3.63) is 64.1 Å². The molecule has 1 amide bonds. The summed E-state index contributed by atoms with van der Waals surface area (Å²) in [5.41, 5.74) is 3.72. The highest BCUT2D eigenvalue weighted by molar-refractivity contribution is 7.20. The Morgan fingerprint density at radius 1 is 1.19 bits per heavy atom. The molecular formula is C23H25N5O3S. The van der Waals surface area contributed by atoms with Crippen LogP contribution in [0.25, 0.3) is 15.9 Å². The van der Waals surface area contributed by atoms with Crippen LogP contribution >= 0.6 is 11.3 Å². The van der Waals surface area contributed by atoms with Gasteiger partial charge in [0.25, 0.3) is 5.91 Å². The van der Waals surface area contributed by atoms with E-state index in [9.17, 15) is 4.79 Å². The maximum Gasteiger partial charge on any atom is 0.262 e. The number of thiophene rings is 1. The fraction of sp³-hybridized carbons (Fsp3) is 0.304. The molecule has 0 aliphatic rings. The van der Waals surface area contributed by atoms with E-state index in [2.05, 4.69) is 20.4 Å². The van der Waals surface area contributed by atoms with Crippen LogP contribution in [0.5, 0.6) is 5.88 Å². The van der Waals surface area contributed by atoms with Gasteiger partial charge in [0.15, 0.2) is 5.82 Å². The van der Waals surface area contributed by atoms with Crippen molar-refractivity contribution in [2.45, 2.75) is 33.4 Å². The quantitative estimate of drug-likeness (QED) is 0.454. The molecule has 1 atom stereocenters. The first-order valence-corrected chi connectivity index (χ1v) is 11.0. The number of ether oxygens (including phenoxy) is 2. The van der Waals surface area contributed by atoms with Crippen LogP contribution in [0.4, 0.5) is 0 Å². The lowest BCUT2D eigenvalue weighted by molar-refractivity contribution is 0.0943. The van der Waals surface area contributed by atoms with E-state index in [1.165, 1.54) is 11.3 Å². The van der Waals surface area contributed by atoms with Gasteiger partial charge in [-0.1, -0.05) is 18.2 Å². The predicted molar refractivity (Wildman–Crippen MR) is 124 cm³/mol. The first kappa shape index (κ1) is 21.9. The Morgan fingerprint density at radius 3 is 2.62 bits per heavy atom. The summed E-state index contributed by atoms with van der Waals surface area (Å²) in [6.07, 6.45) is 1.80. The summed E-state index contributed by atoms with van der Waals surface area (Å²) in [5.74, 6) is 0.797. The zero-order valence-corrected chi connectivity index (χ0v) is 19.5. The highest BCUT2D eigenvalue weighted by atomic mass is 32.1. The summed E-state index contributed by atoms with van der Waals surface area (Å²) in [7, 11) is 3.15. The highest BCUT2D eigenvalue weighted by Crippen LogP contribution is 2.35. The molecule has 0 aliphatic heterocycles. The Hall–Kier alpha value is -3.30. The summed E-state index contributed by atoms with van der Waals surface area (Å²) in [4.78, 5) is 23.4. The van der Waals surface area contributed by atoms with Crippen LogP contribution in [0.1, 0.15) is 45.3 Å². The molecule has 0 radical (unpaired) electrons. The number of para-hydroxylation sites is 1. The number of nitrogens with zero attached hydrogens (tertiary/aromatic N) is 4. The van der Waals surface area contributed by atoms with Crippen LogP contribution in [0.3, 0.4) is 0 Å². The van der Waals surface area contributed by atoms with Crippen LogP contribution in [0, 0.1) is 13.8 Å². The van der Waals surface area contributed by atoms with Gasteiger partial charge in [-0.25, -0.2) is 9.67 Å². The van der Waals surface area contributed by atoms with Crippen LogP contribution in [-0.4, -0.2) is 39.9 Å². The second-order valence-corrected chi connectivity index (χ2v) is 8.45. The molecule has 1 unspecified atom stereocenters. The predicted octanol–water partition coefficient (Wildman–Crippen LogP) is 4.14. The molecule has 4 aromatic rings. The summed E-state index contributed by atoms with van der Waals surface area (Å²) < 4.78 is 12.5. The fourth-order valence-electron chi connectivity index (χ4n) is 3.72. The van der Waals surface area contributed by atoms with Crippen molar-refractivity contribution >= 4 is 27.5 Å². The Morgan fingerprint density at radius 2 is 1.94 bits per heavy atom. The van der Waals surface area contributed by atoms with Crippen molar-refractivity contribution in [1.82, 2.24) is 25.1 Å². The summed E-state index contributed by atoms with van der Waals surface area (Å²) in [6.45, 7) is 6.11. The zero-order chi connectivity index (χ0) is 22.8. The third kappa shape index (κ3) is 3.96. The molecule has 0 fully saturated rings. The first-order chi connectivity index (χ1) is 15.4. The van der Waals surface area contributed by atoms with Gasteiger partial charge in [0.2, 0.25) is 5.88 Å². The van der Waals surface area contributed by atoms with E-state index in [4.69, 9.17) is 9.47 Å². The van der Waals surface area contributed by atoms with Crippen LogP contribution in [-0.2, 0) is 11.3 Å². The average molecular weight is 452 g/mol. The summed E-state index contributed by atoms with van der Waals surface area (Å²) >= 11 is 1.33. The molecule has 3 aromatic heterocycles. The Bertz CT molecular complexity index is 1270. The highest BCUT2D eigenvalue weighted by Gasteiger charge is 2.23. The largest absolute Gasteiger partial charge is 0.480 e. The van der Waals surface area contributed by atoms with Crippen molar-refractivity contribution in [2.75, 3.05) is 14.2 Å². The number of methoxy groups -OCH3 is 2. The number of carbonyl (C=O) groups excluding carboxylic acids is 1. The number of fused-ring (bicyclic) bond motifs is 1. The zero-order valence-electron chi connectivity index (χ0n) is 18.7. The smallest absolute Gasteiger partial charge is 0.262 e. The topological polar surface area (TPSA) is 91.2 Å². The molecule has 0 spiro atoms. The van der Waals surface area contributed by atoms with Gasteiger partial charge in [-0.15, -0.1) is 11.3 Å². The Kier molecular flexibility index (Phi) is 6.20. The molecule has 0 saturated carbocycles. The third-order valence-corrected chi connectivity index (χ3v) is 6.52. The van der Waals surface area contributed by atoms with Gasteiger partial charge in [0.1, 0.15) is 11.4 Å². The number of aryl methyl sites for hydroxylation is 1. The molecule has 8 nitrogen and oxygen atoms in total. The maximum atomic E-state index is 13.2. The molecule has 3 heterocycles. The lowest BCUT2D eigenvalue weighted by Crippen LogP contribution is -2.26. The Balaban J connectivity index is 1.62. The standard InChI is InChI=1S/C23H25N5O3S/c1-13-19-22(31-5)26-18(12-30-4)27-23(19)32-20(13)21(29)25-14(2)17-11-24-28(15(17)3)16-9-7-6-8-10-16/h6-11,14H,12H2,1-5H3,(H,25,29). The first-order valence-electron chi connectivity index (χ1n) is 10.2. The molecule has 0 bridgehead atoms. The number of benzene rings is 1. The number of nitrogens with one attached hydrogen (secondary N) is 1. The number of carbonyl (C=O) groups is 1. The molecule has 166 valence electrons. The second kappa shape index (κ2) is 9.05. The van der Waals surface area contributed by atoms with Crippen molar-refractivity contribution in [2.24, 2.45) is 0 Å². The van der Waals surface area contributed by atoms with Crippen LogP contribution < -0.4 is 10.1 Å². The number of aromatic nitrogens is 4. The third-order valence-electron chi connectivity index (χ3n) is 5.34. The molecule has 1 N–H and O–H groups in total. The van der Waals surface area contributed by atoms with Gasteiger partial charge >= 0.3 is 0 Å². The van der Waals surface area contributed by atoms with E-state index < -0.39 is 0 Å². The second-order valence-electron chi connectivity index (χ2n) is 7.45. The van der Waals surface area contributed by atoms with E-state index in [1.807, 2.05) is 55.8 Å². The van der Waals surface area contributed by atoms with Gasteiger partial charge < -0.3 is 14.8 Å². The number of hydrogen-bond donors (Lipinski definition) is 1. The number of amides is 1. The van der Waals surface area contributed by atoms with E-state index in [1.54, 1.807) is 20.4 Å². The van der Waals surface area contributed by atoms with E-state index in [-0.39, 0.29) is 18.6 Å². The number of hydrogen-bond acceptors (Lipinski definition) is 7. The van der Waals surface area contributed by atoms with Crippen molar-refractivity contribution in [1.29, 1.82) is 0 Å². The minimum Gasteiger partial charge on any atom is -0.480 e. The SMILES string of the molecule is COCc1nc(OC)c2c(C)c(C(=O)NC(C)c3cnn(-c4ccccc4)c3C)sc2n1. The molecule has 1 aromatic carbocycles. The number of rotatable bonds is 7. The molecule has 9 heteroatoms. The van der Waals surface area contributed by atoms with Gasteiger partial charge in [-0.2, -0.15) is 10.1 Å². The monoisotopic (exact) mass is 451 g/mol. The molecule has 32 heavy (non-hydrogen) atoms. The lowest BCUT2D eigenvalue weighted by atomic mass is 10.1. The molecule has 0 saturated heterocycles. The van der Waals surface area contributed by atoms with Crippen molar-refractivity contribution < 1.29 is 14.3 Å². The summed E-state index contributed by atoms with van der Waals surface area (Å²) in [5, 5.41) is 8.37. The van der Waals surface area contributed by atoms with Gasteiger partial charge in [-0.3, -0.25) is 4.79 Å². The molecule has 0 aliphatic carbocycles. The minimum atomic E-state index is -0.221. The van der Waals surface area contributed by atoms with Crippen molar-refractivity contribution in [3.8, 4) is 11.6 Å². The van der Waals surface area contributed by atoms with Crippen LogP contribution in [0.15, 0.2) is 36.5 Å². The van der Waals surface area contributed by atoms with Crippen molar-refractivity contribution in [3.63, 3.8) is 0 Å². The lowest BCUT2D eigenvalue weighted by Gasteiger charge is -2.14. The van der Waals surface area contributed by atoms with E-state index in [0.29, 0.717) is 21.4 Å². The molecular weight excluding hydrogens is 426 g/mol. The van der Waals surface area contributed by atoms with E-state index >= 15 is 0 Å². The van der Waals surface area contributed by atoms with Crippen LogP contribution in [0.2, 0.25) is 0 Å². The van der Waals surface area contributed by atoms with E-state index in [0.717, 1.165) is 27.9 Å². The summed E-state index contributed by atoms with van der Waals surface area (Å²) in [6, 6.07) is 9.69.